The normalized spacial score (nSPS) is 10.3. The molecule has 24 heavy (non-hydrogen) atoms. The van der Waals surface area contributed by atoms with Gasteiger partial charge < -0.3 is 15.4 Å². The average molecular weight is 326 g/mol. The van der Waals surface area contributed by atoms with E-state index in [1.165, 1.54) is 5.56 Å². The number of hydrogen-bond acceptors (Lipinski definition) is 2. The molecule has 4 heteroatoms. The minimum Gasteiger partial charge on any atom is -0.473 e. The predicted octanol–water partition coefficient (Wildman–Crippen LogP) is 4.59. The Bertz CT molecular complexity index is 689. The Labute approximate surface area is 144 Å². The fourth-order valence-electron chi connectivity index (χ4n) is 2.70. The van der Waals surface area contributed by atoms with E-state index >= 15 is 0 Å². The van der Waals surface area contributed by atoms with Crippen molar-refractivity contribution in [1.82, 2.24) is 5.32 Å². The van der Waals surface area contributed by atoms with E-state index in [0.717, 1.165) is 41.0 Å². The molecule has 0 heterocycles. The molecule has 2 aromatic rings. The summed E-state index contributed by atoms with van der Waals surface area (Å²) in [6, 6.07) is 11.8. The highest BCUT2D eigenvalue weighted by Gasteiger charge is 2.09. The van der Waals surface area contributed by atoms with Crippen LogP contribution in [0.3, 0.4) is 0 Å². The largest absolute Gasteiger partial charge is 0.473 e. The molecule has 2 rings (SSSR count). The summed E-state index contributed by atoms with van der Waals surface area (Å²) in [5, 5.41) is 5.71. The van der Waals surface area contributed by atoms with Crippen molar-refractivity contribution >= 4 is 11.7 Å². The van der Waals surface area contributed by atoms with Crippen molar-refractivity contribution in [2.45, 2.75) is 40.5 Å². The van der Waals surface area contributed by atoms with Gasteiger partial charge in [-0.05, 0) is 49.4 Å². The molecule has 0 unspecified atom stereocenters. The standard InChI is InChI=1S/C20H26N2O2/c1-5-16-8-7-9-17(6-2)19(16)22-20(23)21-13-24-18-11-10-14(3)12-15(18)4/h7-12H,5-6,13H2,1-4H3,(H2,21,22,23). The van der Waals surface area contributed by atoms with Crippen molar-refractivity contribution in [2.75, 3.05) is 12.0 Å². The Balaban J connectivity index is 1.94. The van der Waals surface area contributed by atoms with E-state index in [1.54, 1.807) is 0 Å². The molecule has 0 radical (unpaired) electrons. The van der Waals surface area contributed by atoms with E-state index < -0.39 is 0 Å². The smallest absolute Gasteiger partial charge is 0.321 e. The van der Waals surface area contributed by atoms with Gasteiger partial charge in [-0.1, -0.05) is 49.7 Å². The fourth-order valence-corrected chi connectivity index (χ4v) is 2.70. The molecule has 0 aromatic heterocycles. The van der Waals surface area contributed by atoms with Gasteiger partial charge >= 0.3 is 6.03 Å². The van der Waals surface area contributed by atoms with Gasteiger partial charge in [0.2, 0.25) is 0 Å². The summed E-state index contributed by atoms with van der Waals surface area (Å²) in [6.07, 6.45) is 1.75. The lowest BCUT2D eigenvalue weighted by Crippen LogP contribution is -2.32. The summed E-state index contributed by atoms with van der Waals surface area (Å²) in [7, 11) is 0. The van der Waals surface area contributed by atoms with Crippen molar-refractivity contribution in [1.29, 1.82) is 0 Å². The number of aryl methyl sites for hydroxylation is 4. The Hall–Kier alpha value is -2.49. The monoisotopic (exact) mass is 326 g/mol. The van der Waals surface area contributed by atoms with Crippen LogP contribution in [0.4, 0.5) is 10.5 Å². The van der Waals surface area contributed by atoms with Gasteiger partial charge in [-0.25, -0.2) is 4.79 Å². The van der Waals surface area contributed by atoms with E-state index in [4.69, 9.17) is 4.74 Å². The van der Waals surface area contributed by atoms with E-state index in [0.29, 0.717) is 0 Å². The molecule has 128 valence electrons. The van der Waals surface area contributed by atoms with Gasteiger partial charge in [0.05, 0.1) is 0 Å². The molecule has 0 saturated carbocycles. The van der Waals surface area contributed by atoms with Crippen LogP contribution < -0.4 is 15.4 Å². The van der Waals surface area contributed by atoms with Crippen LogP contribution in [-0.2, 0) is 12.8 Å². The Morgan fingerprint density at radius 3 is 2.29 bits per heavy atom. The quantitative estimate of drug-likeness (QED) is 0.763. The van der Waals surface area contributed by atoms with E-state index in [-0.39, 0.29) is 12.8 Å². The van der Waals surface area contributed by atoms with Crippen LogP contribution in [0.1, 0.15) is 36.1 Å². The van der Waals surface area contributed by atoms with Gasteiger partial charge in [-0.2, -0.15) is 0 Å². The number of ether oxygens (including phenoxy) is 1. The minimum atomic E-state index is -0.254. The predicted molar refractivity (Wildman–Crippen MR) is 98.8 cm³/mol. The summed E-state index contributed by atoms with van der Waals surface area (Å²) in [5.41, 5.74) is 5.43. The first-order valence-corrected chi connectivity index (χ1v) is 8.40. The van der Waals surface area contributed by atoms with E-state index in [1.807, 2.05) is 44.2 Å². The summed E-state index contributed by atoms with van der Waals surface area (Å²) in [5.74, 6) is 0.782. The van der Waals surface area contributed by atoms with Gasteiger partial charge in [0.15, 0.2) is 6.73 Å². The van der Waals surface area contributed by atoms with Crippen LogP contribution in [0.5, 0.6) is 5.75 Å². The molecule has 0 aliphatic rings. The highest BCUT2D eigenvalue weighted by molar-refractivity contribution is 5.91. The first kappa shape index (κ1) is 17.9. The summed E-state index contributed by atoms with van der Waals surface area (Å²) in [4.78, 5) is 12.2. The number of hydrogen-bond donors (Lipinski definition) is 2. The number of amides is 2. The van der Waals surface area contributed by atoms with Gasteiger partial charge in [0, 0.05) is 5.69 Å². The van der Waals surface area contributed by atoms with Crippen LogP contribution in [0.15, 0.2) is 36.4 Å². The van der Waals surface area contributed by atoms with Gasteiger partial charge in [0.25, 0.3) is 0 Å². The molecule has 0 aliphatic carbocycles. The molecule has 0 aliphatic heterocycles. The second-order valence-corrected chi connectivity index (χ2v) is 5.85. The number of anilines is 1. The van der Waals surface area contributed by atoms with Crippen molar-refractivity contribution < 1.29 is 9.53 Å². The molecule has 2 amide bonds. The zero-order chi connectivity index (χ0) is 17.5. The molecule has 0 saturated heterocycles. The fraction of sp³-hybridized carbons (Fsp3) is 0.350. The number of nitrogens with one attached hydrogen (secondary N) is 2. The van der Waals surface area contributed by atoms with Crippen LogP contribution in [0.2, 0.25) is 0 Å². The van der Waals surface area contributed by atoms with Crippen molar-refractivity contribution in [3.63, 3.8) is 0 Å². The van der Waals surface area contributed by atoms with Crippen LogP contribution >= 0.6 is 0 Å². The molecule has 0 atom stereocenters. The molecular weight excluding hydrogens is 300 g/mol. The highest BCUT2D eigenvalue weighted by atomic mass is 16.5. The van der Waals surface area contributed by atoms with Crippen LogP contribution in [0.25, 0.3) is 0 Å². The number of carbonyl (C=O) groups is 1. The molecule has 2 aromatic carbocycles. The minimum absolute atomic E-state index is 0.130. The average Bonchev–Trinajstić information content (AvgIpc) is 2.57. The molecule has 0 bridgehead atoms. The van der Waals surface area contributed by atoms with Crippen molar-refractivity contribution in [2.24, 2.45) is 0 Å². The third-order valence-corrected chi connectivity index (χ3v) is 4.03. The van der Waals surface area contributed by atoms with Crippen molar-refractivity contribution in [3.8, 4) is 5.75 Å². The maximum atomic E-state index is 12.2. The van der Waals surface area contributed by atoms with Gasteiger partial charge in [0.1, 0.15) is 5.75 Å². The maximum Gasteiger partial charge on any atom is 0.321 e. The second-order valence-electron chi connectivity index (χ2n) is 5.85. The second kappa shape index (κ2) is 8.39. The van der Waals surface area contributed by atoms with E-state index in [2.05, 4.69) is 30.5 Å². The summed E-state index contributed by atoms with van der Waals surface area (Å²) in [6.45, 7) is 8.33. The Morgan fingerprint density at radius 1 is 1.04 bits per heavy atom. The number of urea groups is 1. The molecule has 0 spiro atoms. The molecule has 0 fully saturated rings. The number of rotatable bonds is 6. The SMILES string of the molecule is CCc1cccc(CC)c1NC(=O)NCOc1ccc(C)cc1C. The Morgan fingerprint density at radius 2 is 1.71 bits per heavy atom. The van der Waals surface area contributed by atoms with Crippen LogP contribution in [0, 0.1) is 13.8 Å². The molecule has 4 nitrogen and oxygen atoms in total. The zero-order valence-corrected chi connectivity index (χ0v) is 14.9. The van der Waals surface area contributed by atoms with Crippen molar-refractivity contribution in [3.05, 3.63) is 58.7 Å². The first-order chi connectivity index (χ1) is 11.5. The maximum absolute atomic E-state index is 12.2. The first-order valence-electron chi connectivity index (χ1n) is 8.40. The lowest BCUT2D eigenvalue weighted by atomic mass is 10.0. The number of para-hydroxylation sites is 1. The third kappa shape index (κ3) is 4.51. The number of carbonyl (C=O) groups excluding carboxylic acids is 1. The van der Waals surface area contributed by atoms with Crippen LogP contribution in [-0.4, -0.2) is 12.8 Å². The summed E-state index contributed by atoms with van der Waals surface area (Å²) < 4.78 is 5.64. The molecule has 2 N–H and O–H groups in total. The zero-order valence-electron chi connectivity index (χ0n) is 14.9. The van der Waals surface area contributed by atoms with Gasteiger partial charge in [-0.15, -0.1) is 0 Å². The van der Waals surface area contributed by atoms with E-state index in [9.17, 15) is 4.79 Å². The lowest BCUT2D eigenvalue weighted by Gasteiger charge is -2.15. The molecular formula is C20H26N2O2. The lowest BCUT2D eigenvalue weighted by molar-refractivity contribution is 0.234. The Kier molecular flexibility index (Phi) is 6.24. The van der Waals surface area contributed by atoms with Gasteiger partial charge in [-0.3, -0.25) is 0 Å². The third-order valence-electron chi connectivity index (χ3n) is 4.03. The highest BCUT2D eigenvalue weighted by Crippen LogP contribution is 2.22. The topological polar surface area (TPSA) is 50.4 Å². The summed E-state index contributed by atoms with van der Waals surface area (Å²) >= 11 is 0. The number of benzene rings is 2.